The summed E-state index contributed by atoms with van der Waals surface area (Å²) < 4.78 is 13.4. The zero-order valence-electron chi connectivity index (χ0n) is 13.9. The molecular formula is C19H15FN4OS. The lowest BCUT2D eigenvalue weighted by atomic mass is 10.1. The van der Waals surface area contributed by atoms with E-state index in [1.165, 1.54) is 23.5 Å². The summed E-state index contributed by atoms with van der Waals surface area (Å²) in [7, 11) is 0. The van der Waals surface area contributed by atoms with Crippen LogP contribution < -0.4 is 5.32 Å². The minimum Gasteiger partial charge on any atom is -0.345 e. The number of hydrogen-bond donors (Lipinski definition) is 2. The lowest BCUT2D eigenvalue weighted by Crippen LogP contribution is -2.25. The highest BCUT2D eigenvalue weighted by Gasteiger charge is 2.15. The zero-order chi connectivity index (χ0) is 18.1. The number of H-pyrrole nitrogens is 1. The van der Waals surface area contributed by atoms with Crippen molar-refractivity contribution in [2.75, 3.05) is 0 Å². The zero-order valence-corrected chi connectivity index (χ0v) is 14.7. The molecule has 130 valence electrons. The van der Waals surface area contributed by atoms with Crippen LogP contribution >= 0.6 is 11.3 Å². The minimum atomic E-state index is -0.318. The van der Waals surface area contributed by atoms with Gasteiger partial charge >= 0.3 is 0 Å². The Balaban J connectivity index is 1.57. The highest BCUT2D eigenvalue weighted by Crippen LogP contribution is 2.27. The van der Waals surface area contributed by atoms with Gasteiger partial charge in [-0.3, -0.25) is 9.89 Å². The first-order valence-corrected chi connectivity index (χ1v) is 8.88. The molecule has 3 heterocycles. The standard InChI is InChI=1S/C19H15FN4OS/c1-11(12-3-2-4-15(20)7-12)23-18(25)17-8-13-5-6-16(24-19(13)26-17)14-9-21-22-10-14/h2-11H,1H3,(H,21,22)(H,23,25)/t11-/m1/s1. The normalized spacial score (nSPS) is 12.2. The molecule has 3 aromatic heterocycles. The Kier molecular flexibility index (Phi) is 4.22. The number of carbonyl (C=O) groups is 1. The fraction of sp³-hybridized carbons (Fsp3) is 0.105. The van der Waals surface area contributed by atoms with Crippen LogP contribution in [-0.4, -0.2) is 21.1 Å². The van der Waals surface area contributed by atoms with Crippen LogP contribution in [0.1, 0.15) is 28.2 Å². The van der Waals surface area contributed by atoms with Gasteiger partial charge in [0.2, 0.25) is 0 Å². The molecule has 1 atom stereocenters. The number of pyridine rings is 1. The van der Waals surface area contributed by atoms with Crippen molar-refractivity contribution < 1.29 is 9.18 Å². The van der Waals surface area contributed by atoms with E-state index >= 15 is 0 Å². The second-order valence-electron chi connectivity index (χ2n) is 5.94. The van der Waals surface area contributed by atoms with Crippen molar-refractivity contribution in [3.05, 3.63) is 71.1 Å². The second-order valence-corrected chi connectivity index (χ2v) is 6.97. The quantitative estimate of drug-likeness (QED) is 0.565. The predicted octanol–water partition coefficient (Wildman–Crippen LogP) is 4.32. The number of amides is 1. The van der Waals surface area contributed by atoms with E-state index in [-0.39, 0.29) is 17.8 Å². The lowest BCUT2D eigenvalue weighted by Gasteiger charge is -2.13. The van der Waals surface area contributed by atoms with Crippen LogP contribution in [0.5, 0.6) is 0 Å². The summed E-state index contributed by atoms with van der Waals surface area (Å²) >= 11 is 1.33. The van der Waals surface area contributed by atoms with E-state index in [0.717, 1.165) is 27.0 Å². The average Bonchev–Trinajstić information content (AvgIpc) is 3.30. The van der Waals surface area contributed by atoms with Crippen molar-refractivity contribution >= 4 is 27.5 Å². The summed E-state index contributed by atoms with van der Waals surface area (Å²) in [6.45, 7) is 1.83. The third-order valence-electron chi connectivity index (χ3n) is 4.10. The maximum absolute atomic E-state index is 13.4. The van der Waals surface area contributed by atoms with Gasteiger partial charge in [0.25, 0.3) is 5.91 Å². The Morgan fingerprint density at radius 3 is 2.92 bits per heavy atom. The molecule has 0 aliphatic heterocycles. The third-order valence-corrected chi connectivity index (χ3v) is 5.14. The van der Waals surface area contributed by atoms with Crippen molar-refractivity contribution in [2.45, 2.75) is 13.0 Å². The van der Waals surface area contributed by atoms with Crippen LogP contribution in [0.25, 0.3) is 21.5 Å². The number of hydrogen-bond acceptors (Lipinski definition) is 4. The first-order valence-electron chi connectivity index (χ1n) is 8.06. The van der Waals surface area contributed by atoms with E-state index in [4.69, 9.17) is 0 Å². The fourth-order valence-electron chi connectivity index (χ4n) is 2.71. The molecule has 26 heavy (non-hydrogen) atoms. The van der Waals surface area contributed by atoms with Crippen molar-refractivity contribution in [1.29, 1.82) is 0 Å². The van der Waals surface area contributed by atoms with Crippen molar-refractivity contribution in [3.63, 3.8) is 0 Å². The number of fused-ring (bicyclic) bond motifs is 1. The molecule has 0 spiro atoms. The van der Waals surface area contributed by atoms with Gasteiger partial charge in [-0.2, -0.15) is 5.10 Å². The number of thiophene rings is 1. The molecule has 4 rings (SSSR count). The fourth-order valence-corrected chi connectivity index (χ4v) is 3.64. The van der Waals surface area contributed by atoms with Gasteiger partial charge in [-0.15, -0.1) is 11.3 Å². The van der Waals surface area contributed by atoms with Crippen LogP contribution in [0.4, 0.5) is 4.39 Å². The molecule has 0 aliphatic carbocycles. The van der Waals surface area contributed by atoms with Crippen LogP contribution in [0.15, 0.2) is 54.9 Å². The molecule has 1 aromatic carbocycles. The van der Waals surface area contributed by atoms with Crippen LogP contribution in [0.3, 0.4) is 0 Å². The molecule has 1 amide bonds. The van der Waals surface area contributed by atoms with Gasteiger partial charge < -0.3 is 5.32 Å². The van der Waals surface area contributed by atoms with E-state index in [1.54, 1.807) is 24.5 Å². The molecule has 0 aliphatic rings. The van der Waals surface area contributed by atoms with Crippen molar-refractivity contribution in [1.82, 2.24) is 20.5 Å². The van der Waals surface area contributed by atoms with Gasteiger partial charge in [0.05, 0.1) is 22.8 Å². The maximum Gasteiger partial charge on any atom is 0.261 e. The summed E-state index contributed by atoms with van der Waals surface area (Å²) in [4.78, 5) is 18.5. The average molecular weight is 366 g/mol. The number of halogens is 1. The van der Waals surface area contributed by atoms with E-state index < -0.39 is 0 Å². The highest BCUT2D eigenvalue weighted by molar-refractivity contribution is 7.20. The Bertz CT molecular complexity index is 1070. The lowest BCUT2D eigenvalue weighted by molar-refractivity contribution is 0.0944. The molecule has 2 N–H and O–H groups in total. The highest BCUT2D eigenvalue weighted by atomic mass is 32.1. The van der Waals surface area contributed by atoms with Gasteiger partial charge in [0, 0.05) is 17.1 Å². The van der Waals surface area contributed by atoms with Crippen LogP contribution in [0.2, 0.25) is 0 Å². The Labute approximate surface area is 152 Å². The Morgan fingerprint density at radius 1 is 1.27 bits per heavy atom. The number of carbonyl (C=O) groups excluding carboxylic acids is 1. The van der Waals surface area contributed by atoms with E-state index in [9.17, 15) is 9.18 Å². The van der Waals surface area contributed by atoms with Crippen LogP contribution in [-0.2, 0) is 0 Å². The SMILES string of the molecule is C[C@@H](NC(=O)c1cc2ccc(-c3cn[nH]c3)nc2s1)c1cccc(F)c1. The number of nitrogens with one attached hydrogen (secondary N) is 2. The molecule has 0 saturated heterocycles. The first kappa shape index (κ1) is 16.4. The molecule has 0 unspecified atom stereocenters. The first-order chi connectivity index (χ1) is 12.6. The number of rotatable bonds is 4. The van der Waals surface area contributed by atoms with E-state index in [0.29, 0.717) is 4.88 Å². The molecule has 4 aromatic rings. The number of aromatic nitrogens is 3. The summed E-state index contributed by atoms with van der Waals surface area (Å²) in [6.07, 6.45) is 3.48. The van der Waals surface area contributed by atoms with Gasteiger partial charge in [-0.1, -0.05) is 12.1 Å². The Hall–Kier alpha value is -3.06. The molecule has 5 nitrogen and oxygen atoms in total. The smallest absolute Gasteiger partial charge is 0.261 e. The van der Waals surface area contributed by atoms with Crippen molar-refractivity contribution in [3.8, 4) is 11.3 Å². The number of benzene rings is 1. The largest absolute Gasteiger partial charge is 0.345 e. The summed E-state index contributed by atoms with van der Waals surface area (Å²) in [5, 5.41) is 10.5. The molecular weight excluding hydrogens is 351 g/mol. The number of aromatic amines is 1. The molecule has 7 heteroatoms. The minimum absolute atomic E-state index is 0.199. The monoisotopic (exact) mass is 366 g/mol. The third kappa shape index (κ3) is 3.21. The van der Waals surface area contributed by atoms with Gasteiger partial charge in [0.1, 0.15) is 10.6 Å². The van der Waals surface area contributed by atoms with E-state index in [1.807, 2.05) is 25.1 Å². The van der Waals surface area contributed by atoms with Gasteiger partial charge in [-0.25, -0.2) is 9.37 Å². The maximum atomic E-state index is 13.4. The topological polar surface area (TPSA) is 70.7 Å². The van der Waals surface area contributed by atoms with Gasteiger partial charge in [0.15, 0.2) is 0 Å². The summed E-state index contributed by atoms with van der Waals surface area (Å²) in [5.41, 5.74) is 2.42. The second kappa shape index (κ2) is 6.68. The summed E-state index contributed by atoms with van der Waals surface area (Å²) in [6, 6.07) is 11.6. The molecule has 0 saturated carbocycles. The number of nitrogens with zero attached hydrogens (tertiary/aromatic N) is 2. The van der Waals surface area contributed by atoms with E-state index in [2.05, 4.69) is 20.5 Å². The Morgan fingerprint density at radius 2 is 2.15 bits per heavy atom. The van der Waals surface area contributed by atoms with Crippen molar-refractivity contribution in [2.24, 2.45) is 0 Å². The molecule has 0 fully saturated rings. The molecule has 0 bridgehead atoms. The predicted molar refractivity (Wildman–Crippen MR) is 99.5 cm³/mol. The van der Waals surface area contributed by atoms with Gasteiger partial charge in [-0.05, 0) is 42.8 Å². The summed E-state index contributed by atoms with van der Waals surface area (Å²) in [5.74, 6) is -0.518. The van der Waals surface area contributed by atoms with Crippen LogP contribution in [0, 0.1) is 5.82 Å². The molecule has 0 radical (unpaired) electrons.